The number of carbonyl (C=O) groups is 2. The highest BCUT2D eigenvalue weighted by molar-refractivity contribution is 6.35. The maximum atomic E-state index is 13.4. The number of para-hydroxylation sites is 1. The molecule has 0 aromatic heterocycles. The summed E-state index contributed by atoms with van der Waals surface area (Å²) in [5, 5.41) is 3.91. The minimum atomic E-state index is -0.646. The smallest absolute Gasteiger partial charge is 0.261 e. The van der Waals surface area contributed by atoms with Gasteiger partial charge in [-0.05, 0) is 47.6 Å². The van der Waals surface area contributed by atoms with Crippen LogP contribution in [-0.4, -0.2) is 35.9 Å². The summed E-state index contributed by atoms with van der Waals surface area (Å²) in [5.74, 6) is 0.753. The molecule has 0 unspecified atom stereocenters. The average Bonchev–Trinajstić information content (AvgIpc) is 2.77. The van der Waals surface area contributed by atoms with E-state index in [1.807, 2.05) is 45.0 Å². The normalized spacial score (nSPS) is 12.0. The first-order valence-corrected chi connectivity index (χ1v) is 12.1. The molecule has 2 rings (SSSR count). The van der Waals surface area contributed by atoms with Crippen molar-refractivity contribution in [2.75, 3.05) is 13.2 Å². The molecular weight excluding hydrogens is 459 g/mol. The summed E-state index contributed by atoms with van der Waals surface area (Å²) in [7, 11) is 0. The zero-order chi connectivity index (χ0) is 24.5. The van der Waals surface area contributed by atoms with E-state index in [0.717, 1.165) is 5.56 Å². The second-order valence-corrected chi connectivity index (χ2v) is 9.65. The molecule has 0 saturated carbocycles. The van der Waals surface area contributed by atoms with Crippen molar-refractivity contribution in [1.29, 1.82) is 0 Å². The highest BCUT2D eigenvalue weighted by Crippen LogP contribution is 2.27. The van der Waals surface area contributed by atoms with Crippen molar-refractivity contribution in [1.82, 2.24) is 10.2 Å². The van der Waals surface area contributed by atoms with E-state index in [1.54, 1.807) is 23.1 Å². The highest BCUT2D eigenvalue weighted by Gasteiger charge is 2.29. The Hall–Kier alpha value is -2.24. The van der Waals surface area contributed by atoms with Crippen LogP contribution < -0.4 is 10.1 Å². The first-order chi connectivity index (χ1) is 15.6. The Morgan fingerprint density at radius 1 is 1.06 bits per heavy atom. The molecule has 0 aliphatic rings. The summed E-state index contributed by atoms with van der Waals surface area (Å²) >= 11 is 12.4. The van der Waals surface area contributed by atoms with E-state index in [9.17, 15) is 9.59 Å². The molecule has 2 aromatic rings. The lowest BCUT2D eigenvalue weighted by Crippen LogP contribution is -2.50. The number of carbonyl (C=O) groups excluding carboxylic acids is 2. The van der Waals surface area contributed by atoms with E-state index in [4.69, 9.17) is 27.9 Å². The van der Waals surface area contributed by atoms with E-state index < -0.39 is 6.04 Å². The summed E-state index contributed by atoms with van der Waals surface area (Å²) < 4.78 is 5.92. The Labute approximate surface area is 207 Å². The molecule has 7 heteroatoms. The Morgan fingerprint density at radius 3 is 2.36 bits per heavy atom. The first kappa shape index (κ1) is 27.0. The first-order valence-electron chi connectivity index (χ1n) is 11.4. The number of benzene rings is 2. The molecule has 2 amide bonds. The second-order valence-electron chi connectivity index (χ2n) is 8.80. The van der Waals surface area contributed by atoms with Gasteiger partial charge >= 0.3 is 0 Å². The SMILES string of the molecule is CC[C@H](C(=O)NCC(C)C)N(Cc1ccc(Cl)cc1Cl)C(=O)COc1ccccc1C(C)C. The van der Waals surface area contributed by atoms with Crippen LogP contribution in [0.15, 0.2) is 42.5 Å². The molecule has 1 atom stereocenters. The standard InChI is InChI=1S/C26H34Cl2N2O3/c1-6-23(26(32)29-14-17(2)3)30(15-19-11-12-20(27)13-22(19)28)25(31)16-33-24-10-8-7-9-21(24)18(4)5/h7-13,17-18,23H,6,14-16H2,1-5H3,(H,29,32)/t23-/m1/s1. The number of nitrogens with zero attached hydrogens (tertiary/aromatic N) is 1. The molecule has 0 fully saturated rings. The number of halogens is 2. The highest BCUT2D eigenvalue weighted by atomic mass is 35.5. The number of hydrogen-bond acceptors (Lipinski definition) is 3. The van der Waals surface area contributed by atoms with Gasteiger partial charge in [-0.2, -0.15) is 0 Å². The Bertz CT molecular complexity index is 947. The molecule has 180 valence electrons. The van der Waals surface area contributed by atoms with Gasteiger partial charge in [-0.25, -0.2) is 0 Å². The van der Waals surface area contributed by atoms with E-state index in [2.05, 4.69) is 19.2 Å². The number of ether oxygens (including phenoxy) is 1. The summed E-state index contributed by atoms with van der Waals surface area (Å²) in [5.41, 5.74) is 1.74. The van der Waals surface area contributed by atoms with Gasteiger partial charge < -0.3 is 15.0 Å². The largest absolute Gasteiger partial charge is 0.483 e. The summed E-state index contributed by atoms with van der Waals surface area (Å²) in [6.07, 6.45) is 0.462. The van der Waals surface area contributed by atoms with Gasteiger partial charge in [0.25, 0.3) is 5.91 Å². The summed E-state index contributed by atoms with van der Waals surface area (Å²) in [4.78, 5) is 27.9. The lowest BCUT2D eigenvalue weighted by Gasteiger charge is -2.31. The number of rotatable bonds is 11. The van der Waals surface area contributed by atoms with Crippen LogP contribution in [0.25, 0.3) is 0 Å². The van der Waals surface area contributed by atoms with Gasteiger partial charge in [0.2, 0.25) is 5.91 Å². The number of amides is 2. The van der Waals surface area contributed by atoms with Gasteiger partial charge in [-0.3, -0.25) is 9.59 Å². The van der Waals surface area contributed by atoms with Crippen LogP contribution in [0.4, 0.5) is 0 Å². The topological polar surface area (TPSA) is 58.6 Å². The zero-order valence-electron chi connectivity index (χ0n) is 20.0. The number of hydrogen-bond donors (Lipinski definition) is 1. The second kappa shape index (κ2) is 12.9. The lowest BCUT2D eigenvalue weighted by molar-refractivity contribution is -0.143. The Morgan fingerprint density at radius 2 is 1.76 bits per heavy atom. The van der Waals surface area contributed by atoms with Crippen LogP contribution in [0, 0.1) is 5.92 Å². The summed E-state index contributed by atoms with van der Waals surface area (Å²) in [6, 6.07) is 12.2. The van der Waals surface area contributed by atoms with Gasteiger partial charge in [0, 0.05) is 23.1 Å². The molecular formula is C26H34Cl2N2O3. The third-order valence-electron chi connectivity index (χ3n) is 5.32. The Balaban J connectivity index is 2.28. The van der Waals surface area contributed by atoms with Crippen molar-refractivity contribution in [3.8, 4) is 5.75 Å². The number of nitrogens with one attached hydrogen (secondary N) is 1. The molecule has 0 radical (unpaired) electrons. The Kier molecular flexibility index (Phi) is 10.5. The minimum Gasteiger partial charge on any atom is -0.483 e. The fraction of sp³-hybridized carbons (Fsp3) is 0.462. The average molecular weight is 493 g/mol. The molecule has 33 heavy (non-hydrogen) atoms. The summed E-state index contributed by atoms with van der Waals surface area (Å²) in [6.45, 7) is 10.6. The van der Waals surface area contributed by atoms with Crippen LogP contribution in [0.1, 0.15) is 58.1 Å². The van der Waals surface area contributed by atoms with E-state index in [-0.39, 0.29) is 30.9 Å². The molecule has 0 aliphatic heterocycles. The molecule has 0 saturated heterocycles. The third kappa shape index (κ3) is 7.94. The van der Waals surface area contributed by atoms with Crippen molar-refractivity contribution >= 4 is 35.0 Å². The van der Waals surface area contributed by atoms with Crippen molar-refractivity contribution in [3.05, 3.63) is 63.6 Å². The van der Waals surface area contributed by atoms with Gasteiger partial charge in [-0.1, -0.05) is 82.1 Å². The van der Waals surface area contributed by atoms with Gasteiger partial charge in [-0.15, -0.1) is 0 Å². The molecule has 2 aromatic carbocycles. The minimum absolute atomic E-state index is 0.178. The van der Waals surface area contributed by atoms with Crippen molar-refractivity contribution in [2.45, 2.75) is 59.5 Å². The zero-order valence-corrected chi connectivity index (χ0v) is 21.5. The van der Waals surface area contributed by atoms with Crippen LogP contribution in [-0.2, 0) is 16.1 Å². The van der Waals surface area contributed by atoms with Crippen LogP contribution in [0.5, 0.6) is 5.75 Å². The molecule has 0 spiro atoms. The van der Waals surface area contributed by atoms with Gasteiger partial charge in [0.15, 0.2) is 6.61 Å². The fourth-order valence-corrected chi connectivity index (χ4v) is 3.96. The molecule has 0 heterocycles. The third-order valence-corrected chi connectivity index (χ3v) is 5.91. The van der Waals surface area contributed by atoms with E-state index >= 15 is 0 Å². The predicted molar refractivity (Wildman–Crippen MR) is 135 cm³/mol. The fourth-order valence-electron chi connectivity index (χ4n) is 3.49. The van der Waals surface area contributed by atoms with Crippen molar-refractivity contribution < 1.29 is 14.3 Å². The maximum Gasteiger partial charge on any atom is 0.261 e. The van der Waals surface area contributed by atoms with Gasteiger partial charge in [0.05, 0.1) is 0 Å². The molecule has 1 N–H and O–H groups in total. The molecule has 0 aliphatic carbocycles. The maximum absolute atomic E-state index is 13.4. The predicted octanol–water partition coefficient (Wildman–Crippen LogP) is 6.08. The monoisotopic (exact) mass is 492 g/mol. The van der Waals surface area contributed by atoms with Crippen molar-refractivity contribution in [3.63, 3.8) is 0 Å². The van der Waals surface area contributed by atoms with Crippen LogP contribution in [0.2, 0.25) is 10.0 Å². The van der Waals surface area contributed by atoms with E-state index in [0.29, 0.717) is 40.2 Å². The van der Waals surface area contributed by atoms with E-state index in [1.165, 1.54) is 0 Å². The molecule has 0 bridgehead atoms. The van der Waals surface area contributed by atoms with Crippen molar-refractivity contribution in [2.24, 2.45) is 5.92 Å². The van der Waals surface area contributed by atoms with Gasteiger partial charge in [0.1, 0.15) is 11.8 Å². The van der Waals surface area contributed by atoms with Crippen LogP contribution in [0.3, 0.4) is 0 Å². The van der Waals surface area contributed by atoms with Crippen LogP contribution >= 0.6 is 23.2 Å². The quantitative estimate of drug-likeness (QED) is 0.413. The lowest BCUT2D eigenvalue weighted by atomic mass is 10.0. The molecule has 5 nitrogen and oxygen atoms in total.